The van der Waals surface area contributed by atoms with E-state index in [1.165, 1.54) is 0 Å². The number of benzene rings is 4. The van der Waals surface area contributed by atoms with E-state index >= 15 is 0 Å². The van der Waals surface area contributed by atoms with Crippen molar-refractivity contribution in [1.82, 2.24) is 4.90 Å². The van der Waals surface area contributed by atoms with Crippen LogP contribution in [-0.2, 0) is 35.8 Å². The number of carbonyl (C=O) groups excluding carboxylic acids is 1. The SMILES string of the molecule is CC1(C)C(=CC=C2CCC(=CC=C3N(CCCS(=O)(=O)O)c4ccc5ccccc5c4C3(C)C)C2=[N+]2CCN(C(=O)OCCCO)CC2)N(CCCS(=O)(=O)O)c2ccc3ccccc3c21. The first-order chi connectivity index (χ1) is 31.4. The van der Waals surface area contributed by atoms with Gasteiger partial charge in [-0.05, 0) is 82.6 Å². The van der Waals surface area contributed by atoms with E-state index in [-0.39, 0.29) is 37.6 Å². The average molecular weight is 938 g/mol. The van der Waals surface area contributed by atoms with E-state index in [1.54, 1.807) is 4.90 Å². The van der Waals surface area contributed by atoms with Crippen LogP contribution in [-0.4, -0.2) is 116 Å². The topological polar surface area (TPSA) is 168 Å². The van der Waals surface area contributed by atoms with Gasteiger partial charge < -0.3 is 19.6 Å². The van der Waals surface area contributed by atoms with Crippen LogP contribution >= 0.6 is 0 Å². The third kappa shape index (κ3) is 9.59. The van der Waals surface area contributed by atoms with Gasteiger partial charge in [0.05, 0.1) is 31.2 Å². The molecule has 350 valence electrons. The number of nitrogens with zero attached hydrogens (tertiary/aromatic N) is 4. The summed E-state index contributed by atoms with van der Waals surface area (Å²) in [5.74, 6) is -0.695. The van der Waals surface area contributed by atoms with Crippen LogP contribution in [0.4, 0.5) is 16.2 Å². The highest BCUT2D eigenvalue weighted by molar-refractivity contribution is 7.86. The Balaban J connectivity index is 1.21. The van der Waals surface area contributed by atoms with Crippen molar-refractivity contribution >= 4 is 65.0 Å². The largest absolute Gasteiger partial charge is 0.449 e. The number of ether oxygens (including phenoxy) is 1. The number of amides is 1. The zero-order chi connectivity index (χ0) is 47.0. The fraction of sp³-hybridized carbons (Fsp3) is 0.412. The second-order valence-electron chi connectivity index (χ2n) is 18.7. The molecule has 1 saturated carbocycles. The Bertz CT molecular complexity index is 2760. The highest BCUT2D eigenvalue weighted by Crippen LogP contribution is 2.52. The number of aliphatic hydroxyl groups excluding tert-OH is 1. The number of piperazine rings is 1. The van der Waals surface area contributed by atoms with Crippen LogP contribution in [0.1, 0.15) is 70.9 Å². The number of rotatable bonds is 13. The summed E-state index contributed by atoms with van der Waals surface area (Å²) in [7, 11) is -8.31. The molecule has 0 radical (unpaired) electrons. The smallest absolute Gasteiger partial charge is 0.410 e. The molecule has 3 N–H and O–H groups in total. The first kappa shape index (κ1) is 47.2. The zero-order valence-corrected chi connectivity index (χ0v) is 39.9. The van der Waals surface area contributed by atoms with E-state index in [0.29, 0.717) is 45.7 Å². The van der Waals surface area contributed by atoms with Crippen molar-refractivity contribution in [3.63, 3.8) is 0 Å². The molecule has 0 unspecified atom stereocenters. The molecule has 0 atom stereocenters. The highest BCUT2D eigenvalue weighted by atomic mass is 32.2. The lowest BCUT2D eigenvalue weighted by molar-refractivity contribution is -0.537. The van der Waals surface area contributed by atoms with Crippen LogP contribution in [0, 0.1) is 0 Å². The number of fused-ring (bicyclic) bond motifs is 6. The molecule has 15 heteroatoms. The van der Waals surface area contributed by atoms with Gasteiger partial charge in [-0.25, -0.2) is 9.37 Å². The van der Waals surface area contributed by atoms with Gasteiger partial charge in [-0.1, -0.05) is 101 Å². The minimum Gasteiger partial charge on any atom is -0.449 e. The number of hydrogen-bond acceptors (Lipinski definition) is 9. The molecule has 3 heterocycles. The fourth-order valence-electron chi connectivity index (χ4n) is 10.6. The van der Waals surface area contributed by atoms with Crippen molar-refractivity contribution in [1.29, 1.82) is 0 Å². The van der Waals surface area contributed by atoms with E-state index in [1.807, 2.05) is 24.3 Å². The summed E-state index contributed by atoms with van der Waals surface area (Å²) in [5, 5.41) is 13.7. The van der Waals surface area contributed by atoms with Crippen LogP contribution in [0.25, 0.3) is 21.5 Å². The van der Waals surface area contributed by atoms with Crippen LogP contribution in [0.3, 0.4) is 0 Å². The average Bonchev–Trinajstić information content (AvgIpc) is 3.85. The number of carbonyl (C=O) groups is 1. The van der Waals surface area contributed by atoms with Crippen LogP contribution in [0.2, 0.25) is 0 Å². The molecule has 4 aliphatic rings. The molecule has 0 spiro atoms. The predicted molar refractivity (Wildman–Crippen MR) is 262 cm³/mol. The standard InChI is InChI=1S/C51H60N4O9S2/c1-50(2)44(54(26-9-34-65(58,59)60)42-22-18-36-12-5-7-14-40(36)46(42)50)24-20-38-16-17-39(48(38)52-28-30-53(31-29-52)49(57)64-33-11-32-56)21-25-45-51(3,4)47-41-15-8-6-13-37(41)19-23-43(47)55(45)27-10-35-66(61,62)63/h5-8,12-15,18-25,56H,9-11,16-17,26-35H2,1-4H3,(H-,58,59,60,61,62,63)/p+1. The van der Waals surface area contributed by atoms with Gasteiger partial charge in [0.15, 0.2) is 13.1 Å². The molecule has 2 fully saturated rings. The number of allylic oxidation sites excluding steroid dienone is 8. The zero-order valence-electron chi connectivity index (χ0n) is 38.2. The Morgan fingerprint density at radius 2 is 1.12 bits per heavy atom. The first-order valence-corrected chi connectivity index (χ1v) is 26.1. The monoisotopic (exact) mass is 937 g/mol. The Morgan fingerprint density at radius 3 is 1.56 bits per heavy atom. The van der Waals surface area contributed by atoms with E-state index in [9.17, 15) is 35.8 Å². The maximum atomic E-state index is 13.0. The molecule has 3 aliphatic heterocycles. The summed E-state index contributed by atoms with van der Waals surface area (Å²) in [5.41, 5.74) is 8.82. The van der Waals surface area contributed by atoms with Gasteiger partial charge in [-0.15, -0.1) is 0 Å². The number of hydrogen-bond donors (Lipinski definition) is 3. The third-order valence-corrected chi connectivity index (χ3v) is 15.2. The molecule has 0 bridgehead atoms. The third-order valence-electron chi connectivity index (χ3n) is 13.6. The van der Waals surface area contributed by atoms with Crippen molar-refractivity contribution in [3.8, 4) is 0 Å². The van der Waals surface area contributed by atoms with E-state index in [4.69, 9.17) is 4.74 Å². The van der Waals surface area contributed by atoms with Crippen LogP contribution in [0.15, 0.2) is 120 Å². The quantitative estimate of drug-likeness (QED) is 0.0673. The predicted octanol–water partition coefficient (Wildman–Crippen LogP) is 8.15. The fourth-order valence-corrected chi connectivity index (χ4v) is 11.6. The molecule has 8 rings (SSSR count). The van der Waals surface area contributed by atoms with Gasteiger partial charge in [-0.3, -0.25) is 14.0 Å². The van der Waals surface area contributed by atoms with Crippen LogP contribution < -0.4 is 9.80 Å². The molecule has 13 nitrogen and oxygen atoms in total. The molecule has 4 aromatic rings. The Morgan fingerprint density at radius 1 is 0.667 bits per heavy atom. The molecule has 1 amide bonds. The van der Waals surface area contributed by atoms with Gasteiger partial charge in [0.1, 0.15) is 0 Å². The molecule has 1 saturated heterocycles. The van der Waals surface area contributed by atoms with Crippen molar-refractivity contribution in [2.75, 3.05) is 73.8 Å². The minimum atomic E-state index is -4.16. The molecule has 66 heavy (non-hydrogen) atoms. The summed E-state index contributed by atoms with van der Waals surface area (Å²) < 4.78 is 74.6. The van der Waals surface area contributed by atoms with Crippen molar-refractivity contribution in [2.24, 2.45) is 0 Å². The Labute approximate surface area is 388 Å². The summed E-state index contributed by atoms with van der Waals surface area (Å²) in [6, 6.07) is 25.0. The van der Waals surface area contributed by atoms with Crippen molar-refractivity contribution in [3.05, 3.63) is 131 Å². The summed E-state index contributed by atoms with van der Waals surface area (Å²) >= 11 is 0. The summed E-state index contributed by atoms with van der Waals surface area (Å²) in [6.45, 7) is 11.7. The van der Waals surface area contributed by atoms with Crippen molar-refractivity contribution in [2.45, 2.75) is 70.6 Å². The minimum absolute atomic E-state index is 0.0553. The maximum Gasteiger partial charge on any atom is 0.410 e. The number of aliphatic hydroxyl groups is 1. The van der Waals surface area contributed by atoms with E-state index in [0.717, 1.165) is 85.1 Å². The molecular weight excluding hydrogens is 877 g/mol. The first-order valence-electron chi connectivity index (χ1n) is 22.9. The molecular formula is C51H61N4O9S2+. The summed E-state index contributed by atoms with van der Waals surface area (Å²) in [6.07, 6.45) is 10.7. The van der Waals surface area contributed by atoms with E-state index in [2.05, 4.69) is 115 Å². The molecule has 4 aromatic carbocycles. The Hall–Kier alpha value is -5.32. The molecule has 1 aliphatic carbocycles. The van der Waals surface area contributed by atoms with Gasteiger partial charge in [0.25, 0.3) is 20.2 Å². The second-order valence-corrected chi connectivity index (χ2v) is 21.8. The van der Waals surface area contributed by atoms with Gasteiger partial charge in [-0.2, -0.15) is 16.8 Å². The van der Waals surface area contributed by atoms with E-state index < -0.39 is 37.2 Å². The maximum absolute atomic E-state index is 13.0. The van der Waals surface area contributed by atoms with Crippen molar-refractivity contribution < 1.29 is 45.2 Å². The van der Waals surface area contributed by atoms with Crippen LogP contribution in [0.5, 0.6) is 0 Å². The summed E-state index contributed by atoms with van der Waals surface area (Å²) in [4.78, 5) is 19.1. The highest BCUT2D eigenvalue weighted by Gasteiger charge is 2.43. The lowest BCUT2D eigenvalue weighted by Gasteiger charge is -2.27. The van der Waals surface area contributed by atoms with Gasteiger partial charge in [0.2, 0.25) is 5.71 Å². The second kappa shape index (κ2) is 18.8. The lowest BCUT2D eigenvalue weighted by atomic mass is 9.81. The lowest BCUT2D eigenvalue weighted by Crippen LogP contribution is -2.47. The number of anilines is 2. The molecule has 0 aromatic heterocycles. The van der Waals surface area contributed by atoms with Gasteiger partial charge >= 0.3 is 6.09 Å². The normalized spacial score (nSPS) is 20.7. The van der Waals surface area contributed by atoms with Gasteiger partial charge in [0, 0.05) is 70.9 Å². The Kier molecular flexibility index (Phi) is 13.4.